The largest absolute Gasteiger partial charge is 0.381 e. The molecule has 3 saturated heterocycles. The molecule has 0 saturated carbocycles. The van der Waals surface area contributed by atoms with Gasteiger partial charge in [0.25, 0.3) is 0 Å². The van der Waals surface area contributed by atoms with Gasteiger partial charge >= 0.3 is 0 Å². The first kappa shape index (κ1) is 26.9. The molecule has 0 N–H and O–H groups in total. The van der Waals surface area contributed by atoms with Gasteiger partial charge in [0.2, 0.25) is 0 Å². The zero-order chi connectivity index (χ0) is 27.1. The fraction of sp³-hybridized carbons (Fsp3) is 0.567. The van der Waals surface area contributed by atoms with Gasteiger partial charge in [0.05, 0.1) is 10.4 Å². The number of ether oxygens (including phenoxy) is 1. The first-order valence-corrected chi connectivity index (χ1v) is 16.2. The first-order chi connectivity index (χ1) is 18.8. The number of benzene rings is 2. The lowest BCUT2D eigenvalue weighted by Gasteiger charge is -2.44. The van der Waals surface area contributed by atoms with E-state index in [1.165, 1.54) is 45.0 Å². The molecular formula is C30H39FN4O3S. The second kappa shape index (κ2) is 10.9. The van der Waals surface area contributed by atoms with E-state index in [9.17, 15) is 8.42 Å². The van der Waals surface area contributed by atoms with Crippen LogP contribution in [0.5, 0.6) is 0 Å². The van der Waals surface area contributed by atoms with Crippen LogP contribution in [0.15, 0.2) is 41.3 Å². The molecule has 1 aromatic heterocycles. The van der Waals surface area contributed by atoms with Crippen molar-refractivity contribution in [3.8, 4) is 11.4 Å². The van der Waals surface area contributed by atoms with Crippen molar-refractivity contribution in [2.45, 2.75) is 61.4 Å². The van der Waals surface area contributed by atoms with Crippen LogP contribution in [-0.4, -0.2) is 85.5 Å². The van der Waals surface area contributed by atoms with Crippen LogP contribution in [0.25, 0.3) is 22.4 Å². The lowest BCUT2D eigenvalue weighted by Crippen LogP contribution is -2.50. The van der Waals surface area contributed by atoms with Crippen LogP contribution in [0.2, 0.25) is 0 Å². The van der Waals surface area contributed by atoms with E-state index in [1.807, 2.05) is 7.05 Å². The summed E-state index contributed by atoms with van der Waals surface area (Å²) in [6.45, 7) is 6.32. The summed E-state index contributed by atoms with van der Waals surface area (Å²) in [6.07, 6.45) is 8.09. The van der Waals surface area contributed by atoms with Crippen molar-refractivity contribution in [2.75, 3.05) is 45.6 Å². The van der Waals surface area contributed by atoms with Crippen LogP contribution in [0.3, 0.4) is 0 Å². The van der Waals surface area contributed by atoms with E-state index in [0.717, 1.165) is 50.3 Å². The van der Waals surface area contributed by atoms with E-state index in [0.29, 0.717) is 34.9 Å². The van der Waals surface area contributed by atoms with Crippen molar-refractivity contribution in [2.24, 2.45) is 7.05 Å². The molecule has 2 aromatic carbocycles. The molecule has 0 bridgehead atoms. The number of sulfone groups is 1. The van der Waals surface area contributed by atoms with Crippen molar-refractivity contribution in [3.63, 3.8) is 0 Å². The molecule has 3 aliphatic heterocycles. The molecule has 0 atom stereocenters. The van der Waals surface area contributed by atoms with Crippen molar-refractivity contribution in [1.82, 2.24) is 19.4 Å². The number of rotatable bonds is 5. The Labute approximate surface area is 230 Å². The fourth-order valence-electron chi connectivity index (χ4n) is 6.93. The topological polar surface area (TPSA) is 67.7 Å². The van der Waals surface area contributed by atoms with Gasteiger partial charge in [-0.25, -0.2) is 17.8 Å². The highest BCUT2D eigenvalue weighted by molar-refractivity contribution is 7.90. The van der Waals surface area contributed by atoms with Crippen LogP contribution < -0.4 is 0 Å². The van der Waals surface area contributed by atoms with Crippen LogP contribution >= 0.6 is 0 Å². The monoisotopic (exact) mass is 554 g/mol. The predicted molar refractivity (Wildman–Crippen MR) is 151 cm³/mol. The molecule has 39 heavy (non-hydrogen) atoms. The quantitative estimate of drug-likeness (QED) is 0.459. The third-order valence-corrected chi connectivity index (χ3v) is 10.3. The number of fused-ring (bicyclic) bond motifs is 1. The molecule has 0 amide bonds. The highest BCUT2D eigenvalue weighted by atomic mass is 32.2. The van der Waals surface area contributed by atoms with Crippen molar-refractivity contribution in [1.29, 1.82) is 0 Å². The minimum absolute atomic E-state index is 0.251. The second-order valence-corrected chi connectivity index (χ2v) is 13.6. The summed E-state index contributed by atoms with van der Waals surface area (Å²) >= 11 is 0. The predicted octanol–water partition coefficient (Wildman–Crippen LogP) is 4.61. The average molecular weight is 555 g/mol. The normalized spacial score (nSPS) is 21.6. The Kier molecular flexibility index (Phi) is 7.52. The van der Waals surface area contributed by atoms with Gasteiger partial charge in [-0.3, -0.25) is 0 Å². The van der Waals surface area contributed by atoms with Crippen LogP contribution in [0, 0.1) is 5.82 Å². The molecule has 3 aliphatic rings. The number of imidazole rings is 1. The SMILES string of the molecule is Cn1c(-c2ccc(S(C)(=O)=O)cc2)nc2cc(C3CCN(C4CCN(C5CCOCC5)CC4)CC3)cc(F)c21. The minimum atomic E-state index is -3.28. The maximum absolute atomic E-state index is 15.4. The summed E-state index contributed by atoms with van der Waals surface area (Å²) in [6, 6.07) is 11.7. The van der Waals surface area contributed by atoms with E-state index >= 15 is 4.39 Å². The standard InChI is InChI=1S/C30H39FN4O3S/c1-33-29-27(31)19-23(20-28(29)32-30(33)22-3-5-26(6-4-22)39(2,36)37)21-7-13-34(14-8-21)24-9-15-35(16-10-24)25-11-17-38-18-12-25/h3-6,19-21,24-25H,7-18H2,1-2H3. The molecule has 0 aliphatic carbocycles. The third kappa shape index (κ3) is 5.51. The number of likely N-dealkylation sites (tertiary alicyclic amines) is 2. The summed E-state index contributed by atoms with van der Waals surface area (Å²) in [5.41, 5.74) is 2.93. The Morgan fingerprint density at radius 2 is 1.46 bits per heavy atom. The highest BCUT2D eigenvalue weighted by Crippen LogP contribution is 2.35. The summed E-state index contributed by atoms with van der Waals surface area (Å²) in [4.78, 5) is 10.4. The van der Waals surface area contributed by atoms with Crippen molar-refractivity contribution in [3.05, 3.63) is 47.8 Å². The molecule has 4 heterocycles. The van der Waals surface area contributed by atoms with Crippen LogP contribution in [0.4, 0.5) is 4.39 Å². The van der Waals surface area contributed by atoms with Crippen LogP contribution in [0.1, 0.15) is 50.0 Å². The third-order valence-electron chi connectivity index (χ3n) is 9.21. The van der Waals surface area contributed by atoms with E-state index < -0.39 is 9.84 Å². The molecule has 7 nitrogen and oxygen atoms in total. The molecule has 3 aromatic rings. The summed E-state index contributed by atoms with van der Waals surface area (Å²) < 4.78 is 46.4. The Balaban J connectivity index is 1.12. The Bertz CT molecular complexity index is 1420. The molecule has 0 radical (unpaired) electrons. The van der Waals surface area contributed by atoms with Gasteiger partial charge in [0, 0.05) is 44.2 Å². The second-order valence-electron chi connectivity index (χ2n) is 11.6. The highest BCUT2D eigenvalue weighted by Gasteiger charge is 2.32. The summed E-state index contributed by atoms with van der Waals surface area (Å²) in [5, 5.41) is 0. The molecule has 0 unspecified atom stereocenters. The number of aromatic nitrogens is 2. The molecule has 210 valence electrons. The van der Waals surface area contributed by atoms with E-state index in [2.05, 4.69) is 15.9 Å². The van der Waals surface area contributed by atoms with Gasteiger partial charge in [-0.15, -0.1) is 0 Å². The summed E-state index contributed by atoms with van der Waals surface area (Å²) in [5.74, 6) is 0.712. The van der Waals surface area contributed by atoms with Gasteiger partial charge < -0.3 is 19.1 Å². The van der Waals surface area contributed by atoms with Gasteiger partial charge in [-0.1, -0.05) is 0 Å². The van der Waals surface area contributed by atoms with E-state index in [1.54, 1.807) is 34.9 Å². The van der Waals surface area contributed by atoms with Crippen molar-refractivity contribution >= 4 is 20.9 Å². The van der Waals surface area contributed by atoms with Gasteiger partial charge in [0.15, 0.2) is 9.84 Å². The summed E-state index contributed by atoms with van der Waals surface area (Å²) in [7, 11) is -1.47. The van der Waals surface area contributed by atoms with E-state index in [4.69, 9.17) is 9.72 Å². The Morgan fingerprint density at radius 1 is 0.872 bits per heavy atom. The van der Waals surface area contributed by atoms with Gasteiger partial charge in [-0.05, 0) is 113 Å². The fourth-order valence-corrected chi connectivity index (χ4v) is 7.56. The van der Waals surface area contributed by atoms with Crippen LogP contribution in [-0.2, 0) is 21.6 Å². The number of hydrogen-bond donors (Lipinski definition) is 0. The zero-order valence-corrected chi connectivity index (χ0v) is 23.8. The number of aryl methyl sites for hydroxylation is 1. The lowest BCUT2D eigenvalue weighted by molar-refractivity contribution is 0.0105. The van der Waals surface area contributed by atoms with Crippen molar-refractivity contribution < 1.29 is 17.5 Å². The lowest BCUT2D eigenvalue weighted by atomic mass is 9.87. The zero-order valence-electron chi connectivity index (χ0n) is 23.0. The maximum Gasteiger partial charge on any atom is 0.175 e. The minimum Gasteiger partial charge on any atom is -0.381 e. The number of halogens is 1. The van der Waals surface area contributed by atoms with Gasteiger partial charge in [0.1, 0.15) is 17.2 Å². The molecule has 9 heteroatoms. The molecular weight excluding hydrogens is 515 g/mol. The average Bonchev–Trinajstić information content (AvgIpc) is 3.30. The Hall–Kier alpha value is -2.33. The molecule has 6 rings (SSSR count). The number of piperidine rings is 2. The number of nitrogens with zero attached hydrogens (tertiary/aromatic N) is 4. The first-order valence-electron chi connectivity index (χ1n) is 14.3. The number of hydrogen-bond acceptors (Lipinski definition) is 6. The van der Waals surface area contributed by atoms with E-state index in [-0.39, 0.29) is 10.7 Å². The van der Waals surface area contributed by atoms with Gasteiger partial charge in [-0.2, -0.15) is 0 Å². The maximum atomic E-state index is 15.4. The molecule has 0 spiro atoms. The Morgan fingerprint density at radius 3 is 2.08 bits per heavy atom. The molecule has 3 fully saturated rings. The smallest absolute Gasteiger partial charge is 0.175 e.